The first-order valence-corrected chi connectivity index (χ1v) is 10.0. The fourth-order valence-electron chi connectivity index (χ4n) is 3.29. The number of pyridine rings is 1. The zero-order chi connectivity index (χ0) is 20.5. The quantitative estimate of drug-likeness (QED) is 0.498. The fraction of sp³-hybridized carbons (Fsp3) is 0.478. The molecule has 28 heavy (non-hydrogen) atoms. The molecule has 2 aromatic rings. The van der Waals surface area contributed by atoms with Gasteiger partial charge in [0.05, 0.1) is 13.7 Å². The van der Waals surface area contributed by atoms with Crippen LogP contribution in [0.4, 0.5) is 5.82 Å². The second-order valence-electron chi connectivity index (χ2n) is 7.48. The lowest BCUT2D eigenvalue weighted by atomic mass is 9.99. The predicted molar refractivity (Wildman–Crippen MR) is 114 cm³/mol. The lowest BCUT2D eigenvalue weighted by Crippen LogP contribution is -2.26. The number of nitrogens with two attached hydrogens (primary N) is 1. The average molecular weight is 384 g/mol. The molecular weight excluding hydrogens is 350 g/mol. The average Bonchev–Trinajstić information content (AvgIpc) is 2.66. The molecule has 0 unspecified atom stereocenters. The minimum Gasteiger partial charge on any atom is -0.468 e. The van der Waals surface area contributed by atoms with E-state index in [9.17, 15) is 4.79 Å². The molecule has 0 aliphatic heterocycles. The first-order chi connectivity index (χ1) is 13.4. The number of unbranched alkanes of at least 4 members (excludes halogenated alkanes) is 2. The van der Waals surface area contributed by atoms with Crippen molar-refractivity contribution >= 4 is 11.8 Å². The second-order valence-corrected chi connectivity index (χ2v) is 7.48. The standard InChI is InChI=1S/C23H33N3O2/c1-5-6-7-8-20-14-21(17(2)25-23(20)24)13-18-9-11-19(12-10-18)15-26(3)16-22(27)28-4/h9-12,14H,5-8,13,15-16H2,1-4H3,(H2,24,25). The van der Waals surface area contributed by atoms with E-state index in [1.54, 1.807) is 0 Å². The van der Waals surface area contributed by atoms with Crippen molar-refractivity contribution in [3.8, 4) is 0 Å². The van der Waals surface area contributed by atoms with Crippen LogP contribution in [0.3, 0.4) is 0 Å². The number of carbonyl (C=O) groups is 1. The van der Waals surface area contributed by atoms with Gasteiger partial charge >= 0.3 is 5.97 Å². The molecule has 0 atom stereocenters. The SMILES string of the molecule is CCCCCc1cc(Cc2ccc(CN(C)CC(=O)OC)cc2)c(C)nc1N. The number of nitrogens with zero attached hydrogens (tertiary/aromatic N) is 2. The van der Waals surface area contributed by atoms with Crippen molar-refractivity contribution in [2.45, 2.75) is 52.5 Å². The highest BCUT2D eigenvalue weighted by molar-refractivity contribution is 5.71. The Labute approximate surface area is 168 Å². The van der Waals surface area contributed by atoms with E-state index < -0.39 is 0 Å². The van der Waals surface area contributed by atoms with Gasteiger partial charge in [0.2, 0.25) is 0 Å². The van der Waals surface area contributed by atoms with Crippen LogP contribution < -0.4 is 5.73 Å². The summed E-state index contributed by atoms with van der Waals surface area (Å²) in [4.78, 5) is 17.9. The summed E-state index contributed by atoms with van der Waals surface area (Å²) in [5, 5.41) is 0. The van der Waals surface area contributed by atoms with Gasteiger partial charge in [-0.2, -0.15) is 0 Å². The number of carbonyl (C=O) groups excluding carboxylic acids is 1. The van der Waals surface area contributed by atoms with Gasteiger partial charge in [0.15, 0.2) is 0 Å². The first-order valence-electron chi connectivity index (χ1n) is 10.0. The summed E-state index contributed by atoms with van der Waals surface area (Å²) in [6.45, 7) is 5.23. The fourth-order valence-corrected chi connectivity index (χ4v) is 3.29. The van der Waals surface area contributed by atoms with Gasteiger partial charge in [-0.1, -0.05) is 50.1 Å². The molecule has 0 radical (unpaired) electrons. The molecule has 1 aromatic heterocycles. The Morgan fingerprint density at radius 3 is 2.46 bits per heavy atom. The summed E-state index contributed by atoms with van der Waals surface area (Å²) < 4.78 is 4.71. The maximum absolute atomic E-state index is 11.4. The summed E-state index contributed by atoms with van der Waals surface area (Å²) in [6.07, 6.45) is 5.41. The smallest absolute Gasteiger partial charge is 0.319 e. The number of benzene rings is 1. The molecular formula is C23H33N3O2. The number of aryl methyl sites for hydroxylation is 2. The highest BCUT2D eigenvalue weighted by Gasteiger charge is 2.09. The van der Waals surface area contributed by atoms with E-state index in [-0.39, 0.29) is 12.5 Å². The third kappa shape index (κ3) is 6.64. The number of anilines is 1. The van der Waals surface area contributed by atoms with Gasteiger partial charge in [-0.25, -0.2) is 4.98 Å². The zero-order valence-corrected chi connectivity index (χ0v) is 17.6. The number of nitrogen functional groups attached to an aromatic ring is 1. The maximum Gasteiger partial charge on any atom is 0.319 e. The van der Waals surface area contributed by atoms with E-state index in [1.165, 1.54) is 36.6 Å². The maximum atomic E-state index is 11.4. The van der Waals surface area contributed by atoms with Crippen molar-refractivity contribution < 1.29 is 9.53 Å². The van der Waals surface area contributed by atoms with Crippen LogP contribution in [-0.4, -0.2) is 36.6 Å². The Morgan fingerprint density at radius 1 is 1.14 bits per heavy atom. The molecule has 0 aliphatic carbocycles. The van der Waals surface area contributed by atoms with Gasteiger partial charge in [-0.3, -0.25) is 9.69 Å². The topological polar surface area (TPSA) is 68.5 Å². The molecule has 5 nitrogen and oxygen atoms in total. The third-order valence-corrected chi connectivity index (χ3v) is 4.98. The summed E-state index contributed by atoms with van der Waals surface area (Å²) in [5.41, 5.74) is 11.9. The molecule has 1 heterocycles. The highest BCUT2D eigenvalue weighted by Crippen LogP contribution is 2.20. The number of hydrogen-bond acceptors (Lipinski definition) is 5. The number of likely N-dealkylation sites (N-methyl/N-ethyl adjacent to an activating group) is 1. The normalized spacial score (nSPS) is 11.0. The largest absolute Gasteiger partial charge is 0.468 e. The molecule has 0 spiro atoms. The van der Waals surface area contributed by atoms with Gasteiger partial charge in [0.25, 0.3) is 0 Å². The molecule has 2 N–H and O–H groups in total. The Kier molecular flexibility index (Phi) is 8.45. The molecule has 0 saturated heterocycles. The second kappa shape index (κ2) is 10.8. The van der Waals surface area contributed by atoms with Crippen LogP contribution in [0.5, 0.6) is 0 Å². The van der Waals surface area contributed by atoms with Gasteiger partial charge in [0, 0.05) is 12.2 Å². The van der Waals surface area contributed by atoms with Crippen molar-refractivity contribution in [1.29, 1.82) is 0 Å². The number of methoxy groups -OCH3 is 1. The Morgan fingerprint density at radius 2 is 1.82 bits per heavy atom. The van der Waals surface area contributed by atoms with E-state index in [4.69, 9.17) is 10.5 Å². The number of ether oxygens (including phenoxy) is 1. The molecule has 0 amide bonds. The zero-order valence-electron chi connectivity index (χ0n) is 17.6. The number of rotatable bonds is 10. The Balaban J connectivity index is 2.03. The molecule has 5 heteroatoms. The number of aromatic nitrogens is 1. The van der Waals surface area contributed by atoms with Crippen LogP contribution in [-0.2, 0) is 28.9 Å². The van der Waals surface area contributed by atoms with E-state index in [1.807, 2.05) is 18.9 Å². The summed E-state index contributed by atoms with van der Waals surface area (Å²) in [7, 11) is 3.32. The van der Waals surface area contributed by atoms with E-state index >= 15 is 0 Å². The van der Waals surface area contributed by atoms with Crippen LogP contribution in [0.1, 0.15) is 54.1 Å². The van der Waals surface area contributed by atoms with E-state index in [0.717, 1.165) is 30.5 Å². The summed E-state index contributed by atoms with van der Waals surface area (Å²) in [6, 6.07) is 10.8. The van der Waals surface area contributed by atoms with E-state index in [2.05, 4.69) is 42.2 Å². The molecule has 1 aromatic carbocycles. The van der Waals surface area contributed by atoms with Crippen molar-refractivity contribution in [1.82, 2.24) is 9.88 Å². The number of hydrogen-bond donors (Lipinski definition) is 1. The van der Waals surface area contributed by atoms with Crippen molar-refractivity contribution in [2.75, 3.05) is 26.4 Å². The summed E-state index contributed by atoms with van der Waals surface area (Å²) in [5.74, 6) is 0.446. The Hall–Kier alpha value is -2.40. The van der Waals surface area contributed by atoms with Crippen molar-refractivity contribution in [3.05, 3.63) is 58.3 Å². The lowest BCUT2D eigenvalue weighted by Gasteiger charge is -2.15. The van der Waals surface area contributed by atoms with Gasteiger partial charge in [-0.05, 0) is 55.5 Å². The minimum absolute atomic E-state index is 0.222. The molecule has 2 rings (SSSR count). The molecule has 0 saturated carbocycles. The molecule has 0 fully saturated rings. The lowest BCUT2D eigenvalue weighted by molar-refractivity contribution is -0.141. The van der Waals surface area contributed by atoms with Crippen LogP contribution in [0.2, 0.25) is 0 Å². The van der Waals surface area contributed by atoms with Crippen LogP contribution >= 0.6 is 0 Å². The third-order valence-electron chi connectivity index (χ3n) is 4.98. The van der Waals surface area contributed by atoms with Gasteiger partial charge in [0.1, 0.15) is 5.82 Å². The molecule has 0 bridgehead atoms. The van der Waals surface area contributed by atoms with Gasteiger partial charge in [-0.15, -0.1) is 0 Å². The van der Waals surface area contributed by atoms with Crippen LogP contribution in [0.25, 0.3) is 0 Å². The first kappa shape index (κ1) is 21.9. The number of esters is 1. The highest BCUT2D eigenvalue weighted by atomic mass is 16.5. The van der Waals surface area contributed by atoms with Crippen LogP contribution in [0.15, 0.2) is 30.3 Å². The van der Waals surface area contributed by atoms with Gasteiger partial charge < -0.3 is 10.5 Å². The van der Waals surface area contributed by atoms with Crippen LogP contribution in [0, 0.1) is 6.92 Å². The predicted octanol–water partition coefficient (Wildman–Crippen LogP) is 3.90. The summed E-state index contributed by atoms with van der Waals surface area (Å²) >= 11 is 0. The molecule has 152 valence electrons. The van der Waals surface area contributed by atoms with E-state index in [0.29, 0.717) is 12.4 Å². The van der Waals surface area contributed by atoms with Crippen molar-refractivity contribution in [2.24, 2.45) is 0 Å². The van der Waals surface area contributed by atoms with Crippen molar-refractivity contribution in [3.63, 3.8) is 0 Å². The Bertz CT molecular complexity index is 772. The molecule has 0 aliphatic rings. The minimum atomic E-state index is -0.222. The monoisotopic (exact) mass is 383 g/mol.